The topological polar surface area (TPSA) is 49.4 Å². The molecule has 0 saturated heterocycles. The molecule has 0 bridgehead atoms. The van der Waals surface area contributed by atoms with E-state index in [1.807, 2.05) is 30.5 Å². The van der Waals surface area contributed by atoms with Crippen molar-refractivity contribution in [2.24, 2.45) is 0 Å². The van der Waals surface area contributed by atoms with Crippen LogP contribution in [0.4, 0.5) is 5.69 Å². The van der Waals surface area contributed by atoms with E-state index in [0.717, 1.165) is 11.3 Å². The predicted octanol–water partition coefficient (Wildman–Crippen LogP) is 3.49. The first-order valence-corrected chi connectivity index (χ1v) is 8.11. The van der Waals surface area contributed by atoms with Crippen LogP contribution in [0.5, 0.6) is 0 Å². The highest BCUT2D eigenvalue weighted by Crippen LogP contribution is 2.26. The molecule has 2 amide bonds. The van der Waals surface area contributed by atoms with Crippen LogP contribution in [0, 0.1) is 6.92 Å². The third kappa shape index (κ3) is 3.87. The molecule has 2 rings (SSSR count). The Morgan fingerprint density at radius 2 is 2.05 bits per heavy atom. The Hall–Kier alpha value is -1.85. The second kappa shape index (κ2) is 7.42. The van der Waals surface area contributed by atoms with Crippen molar-refractivity contribution < 1.29 is 9.59 Å². The summed E-state index contributed by atoms with van der Waals surface area (Å²) >= 11 is 7.50. The van der Waals surface area contributed by atoms with Gasteiger partial charge in [-0.25, -0.2) is 0 Å². The maximum absolute atomic E-state index is 11.9. The molecule has 4 nitrogen and oxygen atoms in total. The molecule has 0 fully saturated rings. The molecule has 0 radical (unpaired) electrons. The smallest absolute Gasteiger partial charge is 0.261 e. The molecule has 0 atom stereocenters. The summed E-state index contributed by atoms with van der Waals surface area (Å²) in [6.07, 6.45) is 0. The van der Waals surface area contributed by atoms with Crippen molar-refractivity contribution in [2.75, 3.05) is 18.0 Å². The lowest BCUT2D eigenvalue weighted by Gasteiger charge is -2.23. The Bertz CT molecular complexity index is 671. The highest BCUT2D eigenvalue weighted by Gasteiger charge is 2.15. The molecule has 116 valence electrons. The number of carbonyl (C=O) groups is 2. The van der Waals surface area contributed by atoms with Crippen LogP contribution in [0.15, 0.2) is 35.7 Å². The van der Waals surface area contributed by atoms with Gasteiger partial charge in [-0.05, 0) is 36.1 Å². The average Bonchev–Trinajstić information content (AvgIpc) is 3.01. The fourth-order valence-electron chi connectivity index (χ4n) is 2.11. The fraction of sp³-hybridized carbons (Fsp3) is 0.250. The zero-order valence-corrected chi connectivity index (χ0v) is 14.0. The normalized spacial score (nSPS) is 10.3. The van der Waals surface area contributed by atoms with Crippen molar-refractivity contribution in [1.29, 1.82) is 0 Å². The number of halogens is 1. The second-order valence-corrected chi connectivity index (χ2v) is 6.14. The number of amides is 2. The highest BCUT2D eigenvalue weighted by atomic mass is 35.5. The van der Waals surface area contributed by atoms with Gasteiger partial charge in [0, 0.05) is 30.7 Å². The van der Waals surface area contributed by atoms with Gasteiger partial charge < -0.3 is 10.2 Å². The number of hydrogen-bond donors (Lipinski definition) is 1. The molecule has 0 aliphatic heterocycles. The van der Waals surface area contributed by atoms with Crippen molar-refractivity contribution in [2.45, 2.75) is 13.8 Å². The van der Waals surface area contributed by atoms with Crippen LogP contribution in [0.25, 0.3) is 0 Å². The van der Waals surface area contributed by atoms with E-state index in [1.54, 1.807) is 17.0 Å². The Balaban J connectivity index is 2.02. The second-order valence-electron chi connectivity index (χ2n) is 4.79. The summed E-state index contributed by atoms with van der Waals surface area (Å²) in [6, 6.07) is 9.05. The average molecular weight is 337 g/mol. The van der Waals surface area contributed by atoms with Crippen LogP contribution < -0.4 is 10.2 Å². The predicted molar refractivity (Wildman–Crippen MR) is 90.9 cm³/mol. The molecule has 1 aromatic carbocycles. The molecule has 0 aliphatic rings. The Kier molecular flexibility index (Phi) is 5.57. The van der Waals surface area contributed by atoms with Crippen molar-refractivity contribution in [3.8, 4) is 0 Å². The van der Waals surface area contributed by atoms with E-state index in [1.165, 1.54) is 18.3 Å². The molecule has 6 heteroatoms. The standard InChI is InChI=1S/C16H17ClN2O2S/c1-11-13(17)5-3-6-14(11)19(12(2)20)9-8-18-16(21)15-7-4-10-22-15/h3-7,10H,8-9H2,1-2H3,(H,18,21). The summed E-state index contributed by atoms with van der Waals surface area (Å²) < 4.78 is 0. The van der Waals surface area contributed by atoms with E-state index >= 15 is 0 Å². The van der Waals surface area contributed by atoms with Crippen molar-refractivity contribution >= 4 is 40.4 Å². The van der Waals surface area contributed by atoms with Crippen molar-refractivity contribution in [3.05, 3.63) is 51.2 Å². The SMILES string of the molecule is CC(=O)N(CCNC(=O)c1cccs1)c1cccc(Cl)c1C. The van der Waals surface area contributed by atoms with E-state index < -0.39 is 0 Å². The molecule has 22 heavy (non-hydrogen) atoms. The number of benzene rings is 1. The molecule has 1 heterocycles. The summed E-state index contributed by atoms with van der Waals surface area (Å²) in [4.78, 5) is 26.1. The molecule has 0 aliphatic carbocycles. The quantitative estimate of drug-likeness (QED) is 0.908. The molecule has 1 N–H and O–H groups in total. The number of nitrogens with zero attached hydrogens (tertiary/aromatic N) is 1. The van der Waals surface area contributed by atoms with Crippen LogP contribution in [0.2, 0.25) is 5.02 Å². The number of rotatable bonds is 5. The summed E-state index contributed by atoms with van der Waals surface area (Å²) in [5.41, 5.74) is 1.62. The lowest BCUT2D eigenvalue weighted by Crippen LogP contribution is -2.37. The first-order valence-electron chi connectivity index (χ1n) is 6.85. The Labute approximate surface area is 138 Å². The van der Waals surface area contributed by atoms with Gasteiger partial charge in [0.15, 0.2) is 0 Å². The summed E-state index contributed by atoms with van der Waals surface area (Å²) in [5.74, 6) is -0.211. The summed E-state index contributed by atoms with van der Waals surface area (Å²) in [5, 5.41) is 5.29. The van der Waals surface area contributed by atoms with Crippen LogP contribution in [-0.2, 0) is 4.79 Å². The highest BCUT2D eigenvalue weighted by molar-refractivity contribution is 7.12. The van der Waals surface area contributed by atoms with Gasteiger partial charge >= 0.3 is 0 Å². The van der Waals surface area contributed by atoms with Gasteiger partial charge in [0.05, 0.1) is 4.88 Å². The van der Waals surface area contributed by atoms with Gasteiger partial charge in [0.2, 0.25) is 5.91 Å². The van der Waals surface area contributed by atoms with Gasteiger partial charge in [0.1, 0.15) is 0 Å². The molecule has 0 saturated carbocycles. The molecular weight excluding hydrogens is 320 g/mol. The molecule has 2 aromatic rings. The lowest BCUT2D eigenvalue weighted by atomic mass is 10.1. The zero-order valence-electron chi connectivity index (χ0n) is 12.4. The van der Waals surface area contributed by atoms with E-state index in [0.29, 0.717) is 23.0 Å². The van der Waals surface area contributed by atoms with Gasteiger partial charge in [-0.3, -0.25) is 9.59 Å². The maximum atomic E-state index is 11.9. The summed E-state index contributed by atoms with van der Waals surface area (Å²) in [7, 11) is 0. The third-order valence-electron chi connectivity index (χ3n) is 3.28. The number of thiophene rings is 1. The van der Waals surface area contributed by atoms with Crippen LogP contribution in [0.1, 0.15) is 22.2 Å². The van der Waals surface area contributed by atoms with E-state index in [4.69, 9.17) is 11.6 Å². The number of carbonyl (C=O) groups excluding carboxylic acids is 2. The van der Waals surface area contributed by atoms with E-state index in [-0.39, 0.29) is 11.8 Å². The van der Waals surface area contributed by atoms with Crippen molar-refractivity contribution in [3.63, 3.8) is 0 Å². The first-order chi connectivity index (χ1) is 10.5. The largest absolute Gasteiger partial charge is 0.350 e. The fourth-order valence-corrected chi connectivity index (χ4v) is 2.92. The van der Waals surface area contributed by atoms with Gasteiger partial charge in [-0.1, -0.05) is 23.7 Å². The van der Waals surface area contributed by atoms with Gasteiger partial charge in [-0.15, -0.1) is 11.3 Å². The minimum Gasteiger partial charge on any atom is -0.350 e. The zero-order chi connectivity index (χ0) is 16.1. The monoisotopic (exact) mass is 336 g/mol. The first kappa shape index (κ1) is 16.5. The van der Waals surface area contributed by atoms with Gasteiger partial charge in [-0.2, -0.15) is 0 Å². The van der Waals surface area contributed by atoms with E-state index in [2.05, 4.69) is 5.32 Å². The Morgan fingerprint density at radius 3 is 2.68 bits per heavy atom. The molecule has 0 spiro atoms. The molecule has 1 aromatic heterocycles. The minimum absolute atomic E-state index is 0.0873. The van der Waals surface area contributed by atoms with Crippen LogP contribution in [-0.4, -0.2) is 24.9 Å². The lowest BCUT2D eigenvalue weighted by molar-refractivity contribution is -0.116. The number of anilines is 1. The molecule has 0 unspecified atom stereocenters. The van der Waals surface area contributed by atoms with E-state index in [9.17, 15) is 9.59 Å². The van der Waals surface area contributed by atoms with Crippen LogP contribution >= 0.6 is 22.9 Å². The van der Waals surface area contributed by atoms with Gasteiger partial charge in [0.25, 0.3) is 5.91 Å². The maximum Gasteiger partial charge on any atom is 0.261 e. The summed E-state index contributed by atoms with van der Waals surface area (Å²) in [6.45, 7) is 4.15. The number of hydrogen-bond acceptors (Lipinski definition) is 3. The third-order valence-corrected chi connectivity index (χ3v) is 4.55. The Morgan fingerprint density at radius 1 is 1.27 bits per heavy atom. The van der Waals surface area contributed by atoms with Crippen molar-refractivity contribution in [1.82, 2.24) is 5.32 Å². The van der Waals surface area contributed by atoms with Crippen LogP contribution in [0.3, 0.4) is 0 Å². The minimum atomic E-state index is -0.124. The molecular formula is C16H17ClN2O2S. The number of nitrogens with one attached hydrogen (secondary N) is 1.